The Bertz CT molecular complexity index is 709. The molecule has 0 aliphatic heterocycles. The number of halogens is 1. The molecule has 0 fully saturated rings. The van der Waals surface area contributed by atoms with Crippen molar-refractivity contribution >= 4 is 11.6 Å². The molecule has 1 atom stereocenters. The Morgan fingerprint density at radius 3 is 2.81 bits per heavy atom. The number of nitrogens with zero attached hydrogens (tertiary/aromatic N) is 2. The Balaban J connectivity index is 1.64. The highest BCUT2D eigenvalue weighted by molar-refractivity contribution is 6.31. The maximum absolute atomic E-state index is 6.17. The van der Waals surface area contributed by atoms with E-state index in [0.29, 0.717) is 24.1 Å². The fourth-order valence-electron chi connectivity index (χ4n) is 2.00. The lowest BCUT2D eigenvalue weighted by atomic mass is 10.1. The van der Waals surface area contributed by atoms with Crippen LogP contribution in [0.15, 0.2) is 51.5 Å². The minimum atomic E-state index is 0.0812. The molecule has 2 heterocycles. The van der Waals surface area contributed by atoms with Crippen molar-refractivity contribution in [2.24, 2.45) is 0 Å². The van der Waals surface area contributed by atoms with Gasteiger partial charge in [-0.15, -0.1) is 10.2 Å². The third-order valence-corrected chi connectivity index (χ3v) is 3.47. The SMILES string of the molecule is C[C@H](NCc1nnc(-c2ccco2)o1)c1ccccc1Cl. The van der Waals surface area contributed by atoms with Crippen molar-refractivity contribution < 1.29 is 8.83 Å². The summed E-state index contributed by atoms with van der Waals surface area (Å²) in [6, 6.07) is 11.4. The van der Waals surface area contributed by atoms with E-state index in [9.17, 15) is 0 Å². The van der Waals surface area contributed by atoms with Gasteiger partial charge in [0, 0.05) is 11.1 Å². The second-order valence-corrected chi connectivity index (χ2v) is 5.01. The van der Waals surface area contributed by atoms with Crippen LogP contribution in [0.3, 0.4) is 0 Å². The van der Waals surface area contributed by atoms with Crippen LogP contribution >= 0.6 is 11.6 Å². The first-order valence-electron chi connectivity index (χ1n) is 6.58. The predicted molar refractivity (Wildman–Crippen MR) is 78.7 cm³/mol. The van der Waals surface area contributed by atoms with E-state index >= 15 is 0 Å². The van der Waals surface area contributed by atoms with Crippen molar-refractivity contribution in [1.82, 2.24) is 15.5 Å². The minimum Gasteiger partial charge on any atom is -0.459 e. The zero-order valence-corrected chi connectivity index (χ0v) is 12.2. The van der Waals surface area contributed by atoms with Crippen LogP contribution < -0.4 is 5.32 Å². The molecule has 0 radical (unpaired) electrons. The van der Waals surface area contributed by atoms with E-state index < -0.39 is 0 Å². The van der Waals surface area contributed by atoms with Gasteiger partial charge in [0.2, 0.25) is 5.89 Å². The summed E-state index contributed by atoms with van der Waals surface area (Å²) < 4.78 is 10.7. The molecule has 108 valence electrons. The number of hydrogen-bond donors (Lipinski definition) is 1. The molecule has 1 aromatic carbocycles. The van der Waals surface area contributed by atoms with Gasteiger partial charge in [-0.05, 0) is 30.7 Å². The van der Waals surface area contributed by atoms with E-state index in [-0.39, 0.29) is 6.04 Å². The number of nitrogens with one attached hydrogen (secondary N) is 1. The van der Waals surface area contributed by atoms with E-state index in [0.717, 1.165) is 10.6 Å². The standard InChI is InChI=1S/C15H14ClN3O2/c1-10(11-5-2-3-6-12(11)16)17-9-14-18-19-15(21-14)13-7-4-8-20-13/h2-8,10,17H,9H2,1H3/t10-/m0/s1. The molecule has 0 spiro atoms. The lowest BCUT2D eigenvalue weighted by Crippen LogP contribution is -2.18. The van der Waals surface area contributed by atoms with Crippen molar-refractivity contribution in [2.75, 3.05) is 0 Å². The molecule has 0 aliphatic carbocycles. The van der Waals surface area contributed by atoms with Gasteiger partial charge in [-0.2, -0.15) is 0 Å². The Morgan fingerprint density at radius 1 is 1.19 bits per heavy atom. The third-order valence-electron chi connectivity index (χ3n) is 3.13. The first kappa shape index (κ1) is 13.9. The molecule has 0 bridgehead atoms. The van der Waals surface area contributed by atoms with E-state index in [1.54, 1.807) is 18.4 Å². The number of hydrogen-bond acceptors (Lipinski definition) is 5. The molecular weight excluding hydrogens is 290 g/mol. The van der Waals surface area contributed by atoms with Crippen LogP contribution in [0.2, 0.25) is 5.02 Å². The van der Waals surface area contributed by atoms with Gasteiger partial charge in [0.25, 0.3) is 5.89 Å². The van der Waals surface area contributed by atoms with Gasteiger partial charge in [0.05, 0.1) is 12.8 Å². The number of rotatable bonds is 5. The van der Waals surface area contributed by atoms with Gasteiger partial charge in [-0.3, -0.25) is 0 Å². The van der Waals surface area contributed by atoms with Gasteiger partial charge in [-0.25, -0.2) is 0 Å². The Morgan fingerprint density at radius 2 is 2.05 bits per heavy atom. The second kappa shape index (κ2) is 6.11. The first-order valence-corrected chi connectivity index (χ1v) is 6.96. The molecule has 21 heavy (non-hydrogen) atoms. The van der Waals surface area contributed by atoms with Crippen molar-refractivity contribution in [3.8, 4) is 11.7 Å². The lowest BCUT2D eigenvalue weighted by molar-refractivity contribution is 0.443. The fourth-order valence-corrected chi connectivity index (χ4v) is 2.30. The summed E-state index contributed by atoms with van der Waals surface area (Å²) in [4.78, 5) is 0. The smallest absolute Gasteiger partial charge is 0.283 e. The number of furan rings is 1. The minimum absolute atomic E-state index is 0.0812. The average Bonchev–Trinajstić information content (AvgIpc) is 3.16. The number of aromatic nitrogens is 2. The van der Waals surface area contributed by atoms with Crippen molar-refractivity contribution in [1.29, 1.82) is 0 Å². The quantitative estimate of drug-likeness (QED) is 0.776. The Kier molecular flexibility index (Phi) is 4.03. The van der Waals surface area contributed by atoms with Crippen LogP contribution in [0, 0.1) is 0 Å². The monoisotopic (exact) mass is 303 g/mol. The zero-order chi connectivity index (χ0) is 14.7. The molecule has 3 aromatic rings. The van der Waals surface area contributed by atoms with Crippen molar-refractivity contribution in [3.05, 3.63) is 59.1 Å². The molecule has 0 amide bonds. The van der Waals surface area contributed by atoms with Gasteiger partial charge < -0.3 is 14.2 Å². The summed E-state index contributed by atoms with van der Waals surface area (Å²) in [5.41, 5.74) is 1.03. The molecule has 0 saturated heterocycles. The highest BCUT2D eigenvalue weighted by Crippen LogP contribution is 2.23. The summed E-state index contributed by atoms with van der Waals surface area (Å²) in [6.45, 7) is 2.49. The Hall–Kier alpha value is -2.11. The summed E-state index contributed by atoms with van der Waals surface area (Å²) in [6.07, 6.45) is 1.57. The average molecular weight is 304 g/mol. The van der Waals surface area contributed by atoms with Gasteiger partial charge in [0.15, 0.2) is 5.76 Å². The lowest BCUT2D eigenvalue weighted by Gasteiger charge is -2.14. The molecular formula is C15H14ClN3O2. The van der Waals surface area contributed by atoms with Crippen molar-refractivity contribution in [3.63, 3.8) is 0 Å². The van der Waals surface area contributed by atoms with Crippen LogP contribution in [0.4, 0.5) is 0 Å². The normalized spacial score (nSPS) is 12.5. The summed E-state index contributed by atoms with van der Waals surface area (Å²) in [5.74, 6) is 1.44. The van der Waals surface area contributed by atoms with Crippen LogP contribution in [-0.2, 0) is 6.54 Å². The zero-order valence-electron chi connectivity index (χ0n) is 11.4. The maximum Gasteiger partial charge on any atom is 0.283 e. The highest BCUT2D eigenvalue weighted by Gasteiger charge is 2.13. The molecule has 5 nitrogen and oxygen atoms in total. The van der Waals surface area contributed by atoms with Gasteiger partial charge in [-0.1, -0.05) is 29.8 Å². The summed E-state index contributed by atoms with van der Waals surface area (Å²) >= 11 is 6.17. The maximum atomic E-state index is 6.17. The molecule has 0 aliphatic rings. The number of benzene rings is 1. The van der Waals surface area contributed by atoms with Gasteiger partial charge >= 0.3 is 0 Å². The molecule has 3 rings (SSSR count). The van der Waals surface area contributed by atoms with Crippen LogP contribution in [0.5, 0.6) is 0 Å². The van der Waals surface area contributed by atoms with Crippen LogP contribution in [0.25, 0.3) is 11.7 Å². The molecule has 1 N–H and O–H groups in total. The molecule has 0 unspecified atom stereocenters. The first-order chi connectivity index (χ1) is 10.2. The van der Waals surface area contributed by atoms with Crippen LogP contribution in [-0.4, -0.2) is 10.2 Å². The van der Waals surface area contributed by atoms with E-state index in [1.807, 2.05) is 31.2 Å². The fraction of sp³-hybridized carbons (Fsp3) is 0.200. The summed E-state index contributed by atoms with van der Waals surface area (Å²) in [7, 11) is 0. The third kappa shape index (κ3) is 3.15. The highest BCUT2D eigenvalue weighted by atomic mass is 35.5. The Labute approximate surface area is 126 Å². The largest absolute Gasteiger partial charge is 0.459 e. The molecule has 0 saturated carbocycles. The van der Waals surface area contributed by atoms with E-state index in [2.05, 4.69) is 15.5 Å². The van der Waals surface area contributed by atoms with E-state index in [1.165, 1.54) is 0 Å². The van der Waals surface area contributed by atoms with Crippen LogP contribution in [0.1, 0.15) is 24.4 Å². The predicted octanol–water partition coefficient (Wildman–Crippen LogP) is 3.83. The van der Waals surface area contributed by atoms with Gasteiger partial charge in [0.1, 0.15) is 0 Å². The molecule has 6 heteroatoms. The van der Waals surface area contributed by atoms with Crippen molar-refractivity contribution in [2.45, 2.75) is 19.5 Å². The summed E-state index contributed by atoms with van der Waals surface area (Å²) in [5, 5.41) is 12.0. The second-order valence-electron chi connectivity index (χ2n) is 4.60. The molecule has 2 aromatic heterocycles. The van der Waals surface area contributed by atoms with E-state index in [4.69, 9.17) is 20.4 Å². The topological polar surface area (TPSA) is 64.1 Å².